The van der Waals surface area contributed by atoms with Gasteiger partial charge in [0, 0.05) is 5.69 Å². The van der Waals surface area contributed by atoms with E-state index in [-0.39, 0.29) is 6.54 Å². The molecule has 2 N–H and O–H groups in total. The van der Waals surface area contributed by atoms with Crippen molar-refractivity contribution in [3.63, 3.8) is 0 Å². The molecule has 0 fully saturated rings. The van der Waals surface area contributed by atoms with Crippen molar-refractivity contribution in [1.82, 2.24) is 5.32 Å². The highest BCUT2D eigenvalue weighted by Gasteiger charge is 2.14. The van der Waals surface area contributed by atoms with Crippen LogP contribution in [-0.2, 0) is 16.1 Å². The maximum absolute atomic E-state index is 12.0. The number of hydrogen-bond acceptors (Lipinski definition) is 5. The summed E-state index contributed by atoms with van der Waals surface area (Å²) < 4.78 is 10.7. The van der Waals surface area contributed by atoms with Gasteiger partial charge < -0.3 is 19.8 Å². The molecule has 1 aromatic heterocycles. The average Bonchev–Trinajstić information content (AvgIpc) is 3.20. The van der Waals surface area contributed by atoms with Crippen LogP contribution >= 0.6 is 0 Å². The van der Waals surface area contributed by atoms with E-state index in [4.69, 9.17) is 9.15 Å². The fourth-order valence-electron chi connectivity index (χ4n) is 2.44. The van der Waals surface area contributed by atoms with Gasteiger partial charge in [-0.2, -0.15) is 0 Å². The van der Waals surface area contributed by atoms with Crippen LogP contribution in [0, 0.1) is 6.92 Å². The Morgan fingerprint density at radius 1 is 1.00 bits per heavy atom. The molecule has 2 amide bonds. The third kappa shape index (κ3) is 5.80. The monoisotopic (exact) mass is 391 g/mol. The topological polar surface area (TPSA) is 92.9 Å². The van der Waals surface area contributed by atoms with Crippen LogP contribution in [0.4, 0.5) is 11.4 Å². The number of benzene rings is 2. The van der Waals surface area contributed by atoms with E-state index in [1.807, 2.05) is 43.3 Å². The molecule has 0 bridgehead atoms. The molecule has 0 spiro atoms. The lowest BCUT2D eigenvalue weighted by molar-refractivity contribution is -0.136. The van der Waals surface area contributed by atoms with Crippen molar-refractivity contribution in [3.8, 4) is 5.75 Å². The van der Waals surface area contributed by atoms with E-state index in [0.29, 0.717) is 17.2 Å². The molecule has 0 aliphatic rings. The van der Waals surface area contributed by atoms with Crippen LogP contribution in [0.25, 0.3) is 0 Å². The molecule has 3 aromatic rings. The summed E-state index contributed by atoms with van der Waals surface area (Å²) >= 11 is 0. The first-order valence-corrected chi connectivity index (χ1v) is 8.96. The molecule has 2 aromatic carbocycles. The summed E-state index contributed by atoms with van der Waals surface area (Å²) in [7, 11) is 1.60. The molecule has 7 heteroatoms. The van der Waals surface area contributed by atoms with Gasteiger partial charge in [0.25, 0.3) is 0 Å². The first-order valence-electron chi connectivity index (χ1n) is 8.96. The van der Waals surface area contributed by atoms with E-state index in [1.165, 1.54) is 0 Å². The van der Waals surface area contributed by atoms with Crippen LogP contribution < -0.4 is 15.4 Å². The zero-order valence-corrected chi connectivity index (χ0v) is 16.1. The Bertz CT molecular complexity index is 1010. The number of carbonyl (C=O) groups excluding carboxylic acids is 2. The summed E-state index contributed by atoms with van der Waals surface area (Å²) in [5.74, 6) is 0.329. The Morgan fingerprint density at radius 3 is 2.41 bits per heavy atom. The minimum Gasteiger partial charge on any atom is -0.497 e. The first-order chi connectivity index (χ1) is 14.0. The molecule has 148 valence electrons. The van der Waals surface area contributed by atoms with Crippen molar-refractivity contribution in [1.29, 1.82) is 0 Å². The lowest BCUT2D eigenvalue weighted by atomic mass is 10.2. The molecule has 1 heterocycles. The van der Waals surface area contributed by atoms with Gasteiger partial charge in [-0.3, -0.25) is 14.6 Å². The minimum absolute atomic E-state index is 0.0938. The smallest absolute Gasteiger partial charge is 0.313 e. The summed E-state index contributed by atoms with van der Waals surface area (Å²) in [6.07, 6.45) is 1.58. The number of aliphatic imine (C=N–C) groups is 1. The molecule has 0 radical (unpaired) electrons. The number of methoxy groups -OCH3 is 1. The number of carbonyl (C=O) groups is 2. The molecular formula is C22H21N3O4. The van der Waals surface area contributed by atoms with E-state index < -0.39 is 11.8 Å². The van der Waals surface area contributed by atoms with Crippen molar-refractivity contribution in [2.45, 2.75) is 13.5 Å². The van der Waals surface area contributed by atoms with Crippen LogP contribution in [-0.4, -0.2) is 25.1 Å². The molecule has 0 saturated heterocycles. The molecule has 0 saturated carbocycles. The van der Waals surface area contributed by atoms with Gasteiger partial charge in [-0.15, -0.1) is 0 Å². The number of nitrogens with one attached hydrogen (secondary N) is 2. The number of furan rings is 1. The molecule has 29 heavy (non-hydrogen) atoms. The Morgan fingerprint density at radius 2 is 1.72 bits per heavy atom. The maximum atomic E-state index is 12.0. The van der Waals surface area contributed by atoms with Crippen LogP contribution in [0.2, 0.25) is 0 Å². The largest absolute Gasteiger partial charge is 0.497 e. The van der Waals surface area contributed by atoms with E-state index >= 15 is 0 Å². The van der Waals surface area contributed by atoms with Gasteiger partial charge in [0.15, 0.2) is 0 Å². The molecule has 3 rings (SSSR count). The summed E-state index contributed by atoms with van der Waals surface area (Å²) in [5, 5.41) is 5.07. The highest BCUT2D eigenvalue weighted by molar-refractivity contribution is 6.39. The fraction of sp³-hybridized carbons (Fsp3) is 0.136. The molecule has 0 aliphatic heterocycles. The third-order valence-electron chi connectivity index (χ3n) is 4.03. The van der Waals surface area contributed by atoms with Crippen molar-refractivity contribution in [2.24, 2.45) is 4.99 Å². The molecule has 0 atom stereocenters. The van der Waals surface area contributed by atoms with E-state index in [1.54, 1.807) is 37.6 Å². The lowest BCUT2D eigenvalue weighted by Gasteiger charge is -2.05. The lowest BCUT2D eigenvalue weighted by Crippen LogP contribution is -2.34. The van der Waals surface area contributed by atoms with Crippen molar-refractivity contribution in [3.05, 3.63) is 77.7 Å². The normalized spacial score (nSPS) is 10.7. The van der Waals surface area contributed by atoms with Crippen LogP contribution in [0.3, 0.4) is 0 Å². The predicted molar refractivity (Wildman–Crippen MR) is 111 cm³/mol. The van der Waals surface area contributed by atoms with Gasteiger partial charge in [0.1, 0.15) is 17.3 Å². The number of hydrogen-bond donors (Lipinski definition) is 2. The summed E-state index contributed by atoms with van der Waals surface area (Å²) in [6, 6.07) is 17.9. The van der Waals surface area contributed by atoms with Gasteiger partial charge in [-0.25, -0.2) is 0 Å². The fourth-order valence-corrected chi connectivity index (χ4v) is 2.44. The number of nitrogens with zero attached hydrogens (tertiary/aromatic N) is 1. The zero-order valence-electron chi connectivity index (χ0n) is 16.1. The Balaban J connectivity index is 1.50. The number of anilines is 1. The SMILES string of the molecule is COc1ccc(N=Cc2ccc(CNC(=O)C(=O)Nc3ccc(C)cc3)o2)cc1. The molecule has 0 aliphatic carbocycles. The Hall–Kier alpha value is -3.87. The van der Waals surface area contributed by atoms with Crippen LogP contribution in [0.15, 0.2) is 70.1 Å². The van der Waals surface area contributed by atoms with Crippen LogP contribution in [0.5, 0.6) is 5.75 Å². The number of amides is 2. The summed E-state index contributed by atoms with van der Waals surface area (Å²) in [4.78, 5) is 28.2. The van der Waals surface area contributed by atoms with E-state index in [9.17, 15) is 9.59 Å². The second kappa shape index (κ2) is 9.36. The highest BCUT2D eigenvalue weighted by Crippen LogP contribution is 2.18. The van der Waals surface area contributed by atoms with Gasteiger partial charge >= 0.3 is 11.8 Å². The highest BCUT2D eigenvalue weighted by atomic mass is 16.5. The third-order valence-corrected chi connectivity index (χ3v) is 4.03. The van der Waals surface area contributed by atoms with E-state index in [0.717, 1.165) is 17.0 Å². The Labute approximate surface area is 168 Å². The second-order valence-electron chi connectivity index (χ2n) is 6.26. The van der Waals surface area contributed by atoms with Crippen molar-refractivity contribution < 1.29 is 18.7 Å². The van der Waals surface area contributed by atoms with Gasteiger partial charge in [-0.1, -0.05) is 17.7 Å². The molecule has 0 unspecified atom stereocenters. The standard InChI is InChI=1S/C22H21N3O4/c1-15-3-5-17(6-4-15)25-22(27)21(26)24-14-20-12-11-19(29-20)13-23-16-7-9-18(28-2)10-8-16/h3-13H,14H2,1-2H3,(H,24,26)(H,25,27). The average molecular weight is 391 g/mol. The van der Waals surface area contributed by atoms with Gasteiger partial charge in [0.2, 0.25) is 0 Å². The van der Waals surface area contributed by atoms with Crippen molar-refractivity contribution >= 4 is 29.4 Å². The summed E-state index contributed by atoms with van der Waals surface area (Å²) in [6.45, 7) is 2.04. The van der Waals surface area contributed by atoms with E-state index in [2.05, 4.69) is 15.6 Å². The van der Waals surface area contributed by atoms with Crippen molar-refractivity contribution in [2.75, 3.05) is 12.4 Å². The number of ether oxygens (including phenoxy) is 1. The zero-order chi connectivity index (χ0) is 20.6. The maximum Gasteiger partial charge on any atom is 0.313 e. The first kappa shape index (κ1) is 19.9. The van der Waals surface area contributed by atoms with Gasteiger partial charge in [0.05, 0.1) is 25.6 Å². The number of aryl methyl sites for hydroxylation is 1. The Kier molecular flexibility index (Phi) is 6.42. The minimum atomic E-state index is -0.740. The summed E-state index contributed by atoms with van der Waals surface area (Å²) in [5.41, 5.74) is 2.38. The quantitative estimate of drug-likeness (QED) is 0.496. The second-order valence-corrected chi connectivity index (χ2v) is 6.26. The van der Waals surface area contributed by atoms with Gasteiger partial charge in [-0.05, 0) is 55.5 Å². The molecular weight excluding hydrogens is 370 g/mol. The van der Waals surface area contributed by atoms with Crippen LogP contribution in [0.1, 0.15) is 17.1 Å². The number of rotatable bonds is 6. The predicted octanol–water partition coefficient (Wildman–Crippen LogP) is 3.60. The molecule has 7 nitrogen and oxygen atoms in total.